The summed E-state index contributed by atoms with van der Waals surface area (Å²) in [7, 11) is 0. The second-order valence-electron chi connectivity index (χ2n) is 8.05. The van der Waals surface area contributed by atoms with E-state index in [1.54, 1.807) is 0 Å². The zero-order valence-electron chi connectivity index (χ0n) is 14.7. The minimum absolute atomic E-state index is 0.0878. The average Bonchev–Trinajstić information content (AvgIpc) is 2.46. The van der Waals surface area contributed by atoms with E-state index < -0.39 is 5.60 Å². The summed E-state index contributed by atoms with van der Waals surface area (Å²) in [6.45, 7) is 17.0. The van der Waals surface area contributed by atoms with E-state index >= 15 is 0 Å². The topological polar surface area (TPSA) is 29.5 Å². The Hall–Kier alpha value is -0.860. The van der Waals surface area contributed by atoms with Gasteiger partial charge in [0.2, 0.25) is 0 Å². The third-order valence-corrected chi connectivity index (χ3v) is 5.77. The Morgan fingerprint density at radius 2 is 2.18 bits per heavy atom. The highest BCUT2D eigenvalue weighted by molar-refractivity contribution is 5.19. The molecule has 2 rings (SSSR count). The second kappa shape index (κ2) is 6.33. The number of hydrogen-bond acceptors (Lipinski definition) is 2. The van der Waals surface area contributed by atoms with Gasteiger partial charge in [-0.05, 0) is 69.3 Å². The van der Waals surface area contributed by atoms with Crippen LogP contribution in [0, 0.1) is 17.3 Å². The van der Waals surface area contributed by atoms with Crippen molar-refractivity contribution in [1.29, 1.82) is 0 Å². The maximum atomic E-state index is 10.1. The highest BCUT2D eigenvalue weighted by Gasteiger charge is 2.40. The fourth-order valence-corrected chi connectivity index (χ4v) is 4.04. The maximum Gasteiger partial charge on any atom is 0.0895 e. The quantitative estimate of drug-likeness (QED) is 0.766. The van der Waals surface area contributed by atoms with E-state index in [0.717, 1.165) is 19.3 Å². The van der Waals surface area contributed by atoms with Gasteiger partial charge in [0.1, 0.15) is 0 Å². The van der Waals surface area contributed by atoms with Gasteiger partial charge >= 0.3 is 0 Å². The van der Waals surface area contributed by atoms with E-state index in [9.17, 15) is 5.11 Å². The van der Waals surface area contributed by atoms with Gasteiger partial charge in [-0.1, -0.05) is 31.2 Å². The van der Waals surface area contributed by atoms with Crippen LogP contribution in [0.25, 0.3) is 0 Å². The molecule has 1 aliphatic heterocycles. The monoisotopic (exact) mass is 304 g/mol. The van der Waals surface area contributed by atoms with E-state index in [1.807, 2.05) is 13.8 Å². The fraction of sp³-hybridized carbons (Fsp3) is 0.700. The lowest BCUT2D eigenvalue weighted by atomic mass is 9.61. The van der Waals surface area contributed by atoms with E-state index in [1.165, 1.54) is 17.6 Å². The molecule has 4 atom stereocenters. The van der Waals surface area contributed by atoms with Crippen molar-refractivity contribution >= 4 is 0 Å². The van der Waals surface area contributed by atoms with Crippen LogP contribution in [0.3, 0.4) is 0 Å². The lowest BCUT2D eigenvalue weighted by molar-refractivity contribution is -0.0872. The lowest BCUT2D eigenvalue weighted by Crippen LogP contribution is -2.41. The predicted molar refractivity (Wildman–Crippen MR) is 92.7 cm³/mol. The zero-order valence-corrected chi connectivity index (χ0v) is 14.7. The summed E-state index contributed by atoms with van der Waals surface area (Å²) in [6.07, 6.45) is 8.64. The molecule has 0 aromatic rings. The number of rotatable bonds is 4. The number of allylic oxidation sites excluding steroid dienone is 2. The van der Waals surface area contributed by atoms with Crippen LogP contribution in [0.2, 0.25) is 0 Å². The van der Waals surface area contributed by atoms with Crippen molar-refractivity contribution in [2.45, 2.75) is 65.1 Å². The first-order valence-electron chi connectivity index (χ1n) is 8.49. The van der Waals surface area contributed by atoms with Crippen LogP contribution in [0.1, 0.15) is 53.4 Å². The Kier molecular flexibility index (Phi) is 5.03. The minimum Gasteiger partial charge on any atom is -0.388 e. The van der Waals surface area contributed by atoms with E-state index in [-0.39, 0.29) is 11.5 Å². The molecule has 124 valence electrons. The Morgan fingerprint density at radius 3 is 2.64 bits per heavy atom. The van der Waals surface area contributed by atoms with Gasteiger partial charge in [-0.25, -0.2) is 0 Å². The minimum atomic E-state index is -0.768. The summed E-state index contributed by atoms with van der Waals surface area (Å²) in [5.41, 5.74) is 2.08. The van der Waals surface area contributed by atoms with Crippen LogP contribution in [-0.2, 0) is 4.74 Å². The molecule has 1 aliphatic carbocycles. The van der Waals surface area contributed by atoms with Gasteiger partial charge < -0.3 is 9.84 Å². The Bertz CT molecular complexity index is 469. The molecule has 0 bridgehead atoms. The van der Waals surface area contributed by atoms with Crippen molar-refractivity contribution in [3.05, 3.63) is 36.5 Å². The van der Waals surface area contributed by atoms with Gasteiger partial charge in [0.15, 0.2) is 0 Å². The maximum absolute atomic E-state index is 10.1. The molecule has 2 aliphatic rings. The van der Waals surface area contributed by atoms with Crippen LogP contribution in [-0.4, -0.2) is 23.4 Å². The van der Waals surface area contributed by atoms with E-state index in [2.05, 4.69) is 39.2 Å². The normalized spacial score (nSPS) is 36.6. The van der Waals surface area contributed by atoms with E-state index in [0.29, 0.717) is 18.4 Å². The predicted octanol–water partition coefficient (Wildman–Crippen LogP) is 4.66. The molecule has 1 saturated carbocycles. The molecule has 1 N–H and O–H groups in total. The van der Waals surface area contributed by atoms with Crippen LogP contribution in [0.5, 0.6) is 0 Å². The molecule has 1 heterocycles. The van der Waals surface area contributed by atoms with Crippen molar-refractivity contribution in [2.24, 2.45) is 17.3 Å². The molecular weight excluding hydrogens is 272 g/mol. The molecule has 0 aromatic heterocycles. The van der Waals surface area contributed by atoms with E-state index in [4.69, 9.17) is 4.74 Å². The third kappa shape index (κ3) is 3.55. The number of aliphatic hydroxyl groups is 1. The first-order valence-corrected chi connectivity index (χ1v) is 8.49. The summed E-state index contributed by atoms with van der Waals surface area (Å²) in [4.78, 5) is 0. The molecule has 2 nitrogen and oxygen atoms in total. The van der Waals surface area contributed by atoms with Crippen molar-refractivity contribution in [3.63, 3.8) is 0 Å². The average molecular weight is 304 g/mol. The highest BCUT2D eigenvalue weighted by atomic mass is 16.5. The van der Waals surface area contributed by atoms with Crippen molar-refractivity contribution in [3.8, 4) is 0 Å². The molecular formula is C20H32O2. The summed E-state index contributed by atoms with van der Waals surface area (Å²) < 4.78 is 5.92. The zero-order chi connectivity index (χ0) is 16.5. The molecule has 0 radical (unpaired) electrons. The largest absolute Gasteiger partial charge is 0.388 e. The number of hydrogen-bond donors (Lipinski definition) is 1. The first kappa shape index (κ1) is 17.5. The van der Waals surface area contributed by atoms with Crippen LogP contribution >= 0.6 is 0 Å². The summed E-state index contributed by atoms with van der Waals surface area (Å²) in [5, 5.41) is 10.1. The smallest absolute Gasteiger partial charge is 0.0895 e. The Labute approximate surface area is 136 Å². The molecule has 0 amide bonds. The third-order valence-electron chi connectivity index (χ3n) is 5.77. The van der Waals surface area contributed by atoms with Gasteiger partial charge in [0.05, 0.1) is 18.3 Å². The first-order chi connectivity index (χ1) is 10.2. The summed E-state index contributed by atoms with van der Waals surface area (Å²) in [6, 6.07) is 0. The summed E-state index contributed by atoms with van der Waals surface area (Å²) >= 11 is 0. The standard InChI is InChI=1S/C20H32O2/c1-7-20(6)11-10-15(12-17(20)14(2)3)16-8-9-18(22-13-16)19(4,5)21/h7-8,15,17-18,21H,1-2,9-13H2,3-6H3/t15-,17+,18-,20-/m0/s1. The molecule has 0 unspecified atom stereocenters. The highest BCUT2D eigenvalue weighted by Crippen LogP contribution is 2.49. The molecule has 0 saturated heterocycles. The molecule has 2 heteroatoms. The molecule has 22 heavy (non-hydrogen) atoms. The molecule has 0 aromatic carbocycles. The second-order valence-corrected chi connectivity index (χ2v) is 8.05. The van der Waals surface area contributed by atoms with Crippen LogP contribution < -0.4 is 0 Å². The Balaban J connectivity index is 2.08. The lowest BCUT2D eigenvalue weighted by Gasteiger charge is -2.45. The fourth-order valence-electron chi connectivity index (χ4n) is 4.04. The van der Waals surface area contributed by atoms with Crippen molar-refractivity contribution in [1.82, 2.24) is 0 Å². The van der Waals surface area contributed by atoms with Gasteiger partial charge in [0.25, 0.3) is 0 Å². The SMILES string of the molecule is C=C[C@@]1(C)CC[C@H](C2=CC[C@@H](C(C)(C)O)OC2)C[C@@H]1C(=C)C. The van der Waals surface area contributed by atoms with Crippen LogP contribution in [0.15, 0.2) is 36.5 Å². The Morgan fingerprint density at radius 1 is 1.50 bits per heavy atom. The summed E-state index contributed by atoms with van der Waals surface area (Å²) in [5.74, 6) is 1.08. The van der Waals surface area contributed by atoms with Crippen molar-refractivity contribution < 1.29 is 9.84 Å². The van der Waals surface area contributed by atoms with Gasteiger partial charge in [-0.2, -0.15) is 0 Å². The number of ether oxygens (including phenoxy) is 1. The van der Waals surface area contributed by atoms with Crippen molar-refractivity contribution in [2.75, 3.05) is 6.61 Å². The molecule has 1 fully saturated rings. The van der Waals surface area contributed by atoms with Gasteiger partial charge in [0, 0.05) is 0 Å². The van der Waals surface area contributed by atoms with Gasteiger partial charge in [-0.3, -0.25) is 0 Å². The molecule has 0 spiro atoms. The van der Waals surface area contributed by atoms with Crippen LogP contribution in [0.4, 0.5) is 0 Å². The van der Waals surface area contributed by atoms with Gasteiger partial charge in [-0.15, -0.1) is 6.58 Å².